The van der Waals surface area contributed by atoms with Crippen molar-refractivity contribution in [3.63, 3.8) is 0 Å². The van der Waals surface area contributed by atoms with Crippen LogP contribution < -0.4 is 16.4 Å². The third-order valence-electron chi connectivity index (χ3n) is 2.73. The number of amides is 2. The van der Waals surface area contributed by atoms with E-state index in [2.05, 4.69) is 10.6 Å². The number of rotatable bonds is 2. The molecule has 1 atom stereocenters. The summed E-state index contributed by atoms with van der Waals surface area (Å²) in [5, 5.41) is 5.44. The molecule has 1 heterocycles. The smallest absolute Gasteiger partial charge is 0.257 e. The fourth-order valence-corrected chi connectivity index (χ4v) is 1.73. The highest BCUT2D eigenvalue weighted by molar-refractivity contribution is 6.06. The molecule has 2 amide bonds. The topological polar surface area (TPSA) is 84.2 Å². The first-order chi connectivity index (χ1) is 8.08. The highest BCUT2D eigenvalue weighted by atomic mass is 16.2. The molecule has 0 radical (unpaired) electrons. The monoisotopic (exact) mass is 233 g/mol. The lowest BCUT2D eigenvalue weighted by molar-refractivity contribution is -0.121. The van der Waals surface area contributed by atoms with Crippen molar-refractivity contribution in [3.8, 4) is 0 Å². The number of nitrogens with one attached hydrogen (secondary N) is 2. The number of carbonyl (C=O) groups is 2. The molecular weight excluding hydrogens is 218 g/mol. The minimum absolute atomic E-state index is 0.413. The summed E-state index contributed by atoms with van der Waals surface area (Å²) in [7, 11) is 0. The molecule has 17 heavy (non-hydrogen) atoms. The molecule has 0 unspecified atom stereocenters. The molecule has 1 aromatic rings. The van der Waals surface area contributed by atoms with Crippen LogP contribution in [-0.4, -0.2) is 24.4 Å². The molecule has 0 aromatic heterocycles. The summed E-state index contributed by atoms with van der Waals surface area (Å²) in [6.45, 7) is 2.42. The van der Waals surface area contributed by atoms with Gasteiger partial charge in [-0.1, -0.05) is 6.07 Å². The third-order valence-corrected chi connectivity index (χ3v) is 2.73. The van der Waals surface area contributed by atoms with Crippen LogP contribution in [0.4, 0.5) is 5.69 Å². The van der Waals surface area contributed by atoms with Crippen LogP contribution in [0.3, 0.4) is 0 Å². The summed E-state index contributed by atoms with van der Waals surface area (Å²) in [6, 6.07) is 4.69. The van der Waals surface area contributed by atoms with Crippen LogP contribution in [0.15, 0.2) is 18.2 Å². The molecule has 0 fully saturated rings. The summed E-state index contributed by atoms with van der Waals surface area (Å²) < 4.78 is 0. The SMILES string of the molecule is C[C@H](N)C(=O)NC(=O)c1ccc2c(c1)NCC2. The van der Waals surface area contributed by atoms with Crippen LogP contribution >= 0.6 is 0 Å². The Morgan fingerprint density at radius 3 is 2.94 bits per heavy atom. The number of carbonyl (C=O) groups excluding carboxylic acids is 2. The van der Waals surface area contributed by atoms with E-state index in [0.29, 0.717) is 5.56 Å². The van der Waals surface area contributed by atoms with Gasteiger partial charge in [-0.15, -0.1) is 0 Å². The van der Waals surface area contributed by atoms with Gasteiger partial charge >= 0.3 is 0 Å². The number of anilines is 1. The first kappa shape index (κ1) is 11.6. The van der Waals surface area contributed by atoms with Crippen LogP contribution in [0.5, 0.6) is 0 Å². The van der Waals surface area contributed by atoms with E-state index in [1.807, 2.05) is 6.07 Å². The zero-order valence-electron chi connectivity index (χ0n) is 9.62. The molecule has 2 rings (SSSR count). The average Bonchev–Trinajstić information content (AvgIpc) is 2.75. The first-order valence-corrected chi connectivity index (χ1v) is 5.55. The number of benzene rings is 1. The van der Waals surface area contributed by atoms with Crippen molar-refractivity contribution in [2.45, 2.75) is 19.4 Å². The quantitative estimate of drug-likeness (QED) is 0.684. The van der Waals surface area contributed by atoms with Crippen LogP contribution in [0.2, 0.25) is 0 Å². The van der Waals surface area contributed by atoms with Crippen molar-refractivity contribution in [2.75, 3.05) is 11.9 Å². The van der Waals surface area contributed by atoms with Crippen molar-refractivity contribution in [3.05, 3.63) is 29.3 Å². The van der Waals surface area contributed by atoms with E-state index < -0.39 is 17.9 Å². The van der Waals surface area contributed by atoms with Crippen molar-refractivity contribution in [2.24, 2.45) is 5.73 Å². The lowest BCUT2D eigenvalue weighted by Gasteiger charge is -2.07. The van der Waals surface area contributed by atoms with Crippen molar-refractivity contribution < 1.29 is 9.59 Å². The molecule has 4 N–H and O–H groups in total. The summed E-state index contributed by atoms with van der Waals surface area (Å²) in [4.78, 5) is 23.0. The minimum Gasteiger partial charge on any atom is -0.384 e. The molecule has 90 valence electrons. The molecule has 0 aliphatic carbocycles. The summed E-state index contributed by atoms with van der Waals surface area (Å²) in [5.74, 6) is -0.882. The molecule has 1 aromatic carbocycles. The zero-order chi connectivity index (χ0) is 12.4. The maximum absolute atomic E-state index is 11.7. The zero-order valence-corrected chi connectivity index (χ0v) is 9.62. The van der Waals surface area contributed by atoms with Crippen LogP contribution in [0.25, 0.3) is 0 Å². The van der Waals surface area contributed by atoms with E-state index in [-0.39, 0.29) is 0 Å². The number of nitrogens with two attached hydrogens (primary N) is 1. The number of hydrogen-bond donors (Lipinski definition) is 3. The molecule has 1 aliphatic heterocycles. The second-order valence-electron chi connectivity index (χ2n) is 4.16. The second-order valence-corrected chi connectivity index (χ2v) is 4.16. The predicted molar refractivity (Wildman–Crippen MR) is 64.8 cm³/mol. The molecule has 0 spiro atoms. The van der Waals surface area contributed by atoms with E-state index in [0.717, 1.165) is 18.7 Å². The Labute approximate surface area is 99.4 Å². The Kier molecular flexibility index (Phi) is 3.10. The number of imide groups is 1. The Balaban J connectivity index is 2.12. The predicted octanol–water partition coefficient (Wildman–Crippen LogP) is 0.258. The summed E-state index contributed by atoms with van der Waals surface area (Å²) in [5.41, 5.74) is 8.00. The van der Waals surface area contributed by atoms with Crippen molar-refractivity contribution in [1.29, 1.82) is 0 Å². The van der Waals surface area contributed by atoms with Gasteiger partial charge in [0.05, 0.1) is 6.04 Å². The lowest BCUT2D eigenvalue weighted by Crippen LogP contribution is -2.41. The average molecular weight is 233 g/mol. The second kappa shape index (κ2) is 4.55. The lowest BCUT2D eigenvalue weighted by atomic mass is 10.1. The highest BCUT2D eigenvalue weighted by Gasteiger charge is 2.16. The molecule has 0 saturated heterocycles. The largest absolute Gasteiger partial charge is 0.384 e. The van der Waals surface area contributed by atoms with Gasteiger partial charge in [-0.3, -0.25) is 14.9 Å². The van der Waals surface area contributed by atoms with E-state index in [1.165, 1.54) is 12.5 Å². The molecule has 0 saturated carbocycles. The van der Waals surface area contributed by atoms with Crippen molar-refractivity contribution >= 4 is 17.5 Å². The van der Waals surface area contributed by atoms with E-state index in [9.17, 15) is 9.59 Å². The number of hydrogen-bond acceptors (Lipinski definition) is 4. The number of fused-ring (bicyclic) bond motifs is 1. The molecule has 5 heteroatoms. The Morgan fingerprint density at radius 1 is 1.47 bits per heavy atom. The van der Waals surface area contributed by atoms with Gasteiger partial charge in [0, 0.05) is 17.8 Å². The fraction of sp³-hybridized carbons (Fsp3) is 0.333. The molecule has 1 aliphatic rings. The maximum atomic E-state index is 11.7. The van der Waals surface area contributed by atoms with Gasteiger partial charge in [0.25, 0.3) is 5.91 Å². The highest BCUT2D eigenvalue weighted by Crippen LogP contribution is 2.23. The normalized spacial score (nSPS) is 14.7. The maximum Gasteiger partial charge on any atom is 0.257 e. The van der Waals surface area contributed by atoms with E-state index in [4.69, 9.17) is 5.73 Å². The first-order valence-electron chi connectivity index (χ1n) is 5.55. The standard InChI is InChI=1S/C12H15N3O2/c1-7(13)11(16)15-12(17)9-3-2-8-4-5-14-10(8)6-9/h2-3,6-7,14H,4-5,13H2,1H3,(H,15,16,17)/t7-/m0/s1. The molecular formula is C12H15N3O2. The van der Waals surface area contributed by atoms with Crippen LogP contribution in [-0.2, 0) is 11.2 Å². The van der Waals surface area contributed by atoms with Gasteiger partial charge in [0.1, 0.15) is 0 Å². The Hall–Kier alpha value is -1.88. The molecule has 5 nitrogen and oxygen atoms in total. The fourth-order valence-electron chi connectivity index (χ4n) is 1.73. The van der Waals surface area contributed by atoms with Crippen LogP contribution in [0, 0.1) is 0 Å². The summed E-state index contributed by atoms with van der Waals surface area (Å²) >= 11 is 0. The van der Waals surface area contributed by atoms with E-state index in [1.54, 1.807) is 12.1 Å². The van der Waals surface area contributed by atoms with Crippen LogP contribution in [0.1, 0.15) is 22.8 Å². The Morgan fingerprint density at radius 2 is 2.24 bits per heavy atom. The third kappa shape index (κ3) is 2.45. The van der Waals surface area contributed by atoms with Gasteiger partial charge in [0.15, 0.2) is 0 Å². The Bertz CT molecular complexity index is 469. The van der Waals surface area contributed by atoms with Gasteiger partial charge in [0.2, 0.25) is 5.91 Å². The van der Waals surface area contributed by atoms with Crippen molar-refractivity contribution in [1.82, 2.24) is 5.32 Å². The van der Waals surface area contributed by atoms with Gasteiger partial charge in [-0.25, -0.2) is 0 Å². The molecule has 0 bridgehead atoms. The van der Waals surface area contributed by atoms with Gasteiger partial charge in [-0.2, -0.15) is 0 Å². The van der Waals surface area contributed by atoms with Gasteiger partial charge < -0.3 is 11.1 Å². The van der Waals surface area contributed by atoms with Gasteiger partial charge in [-0.05, 0) is 31.0 Å². The van der Waals surface area contributed by atoms with E-state index >= 15 is 0 Å². The summed E-state index contributed by atoms with van der Waals surface area (Å²) in [6.07, 6.45) is 0.968. The minimum atomic E-state index is -0.688.